The second-order valence-electron chi connectivity index (χ2n) is 7.68. The van der Waals surface area contributed by atoms with Crippen molar-refractivity contribution in [2.24, 2.45) is 0 Å². The van der Waals surface area contributed by atoms with E-state index >= 15 is 0 Å². The minimum atomic E-state index is -0.784. The van der Waals surface area contributed by atoms with E-state index in [-0.39, 0.29) is 23.6 Å². The van der Waals surface area contributed by atoms with E-state index in [0.29, 0.717) is 11.1 Å². The number of aliphatic hydroxyl groups excluding tert-OH is 1. The quantitative estimate of drug-likeness (QED) is 0.382. The molecule has 1 aromatic heterocycles. The van der Waals surface area contributed by atoms with Gasteiger partial charge in [-0.05, 0) is 54.8 Å². The summed E-state index contributed by atoms with van der Waals surface area (Å²) in [5.41, 5.74) is 4.03. The van der Waals surface area contributed by atoms with Crippen molar-refractivity contribution in [1.29, 1.82) is 0 Å². The molecule has 0 bridgehead atoms. The lowest BCUT2D eigenvalue weighted by Gasteiger charge is -2.26. The number of hydrogen-bond acceptors (Lipinski definition) is 5. The SMILES string of the molecule is Cc1ccc(C)c(CN2C(=O)C(=O)/C(=C(/O)c3ccncc3)C2c2ccc(O)cc2)c1. The van der Waals surface area contributed by atoms with E-state index in [1.807, 2.05) is 32.0 Å². The number of pyridine rings is 1. The maximum Gasteiger partial charge on any atom is 0.295 e. The predicted octanol–water partition coefficient (Wildman–Crippen LogP) is 4.03. The minimum absolute atomic E-state index is 0.0206. The fraction of sp³-hybridized carbons (Fsp3) is 0.160. The lowest BCUT2D eigenvalue weighted by Crippen LogP contribution is -2.29. The van der Waals surface area contributed by atoms with Crippen molar-refractivity contribution < 1.29 is 19.8 Å². The molecule has 31 heavy (non-hydrogen) atoms. The summed E-state index contributed by atoms with van der Waals surface area (Å²) in [5.74, 6) is -1.58. The van der Waals surface area contributed by atoms with Gasteiger partial charge < -0.3 is 15.1 Å². The van der Waals surface area contributed by atoms with Crippen LogP contribution in [-0.2, 0) is 16.1 Å². The molecule has 2 aromatic carbocycles. The number of hydrogen-bond donors (Lipinski definition) is 2. The first-order chi connectivity index (χ1) is 14.9. The van der Waals surface area contributed by atoms with Gasteiger partial charge in [0.25, 0.3) is 11.7 Å². The average molecular weight is 414 g/mol. The van der Waals surface area contributed by atoms with Crippen LogP contribution in [0.1, 0.15) is 33.9 Å². The van der Waals surface area contributed by atoms with Crippen molar-refractivity contribution in [2.75, 3.05) is 0 Å². The minimum Gasteiger partial charge on any atom is -0.508 e. The molecule has 2 heterocycles. The molecule has 0 radical (unpaired) electrons. The van der Waals surface area contributed by atoms with E-state index in [1.54, 1.807) is 24.3 Å². The zero-order valence-electron chi connectivity index (χ0n) is 17.2. The number of Topliss-reactive ketones (excluding diaryl/α,β-unsaturated/α-hetero) is 1. The first kappa shape index (κ1) is 20.3. The van der Waals surface area contributed by atoms with Crippen LogP contribution in [0.3, 0.4) is 0 Å². The van der Waals surface area contributed by atoms with Crippen LogP contribution in [0, 0.1) is 13.8 Å². The Kier molecular flexibility index (Phi) is 5.29. The van der Waals surface area contributed by atoms with Crippen LogP contribution in [0.4, 0.5) is 0 Å². The van der Waals surface area contributed by atoms with Crippen molar-refractivity contribution in [3.63, 3.8) is 0 Å². The van der Waals surface area contributed by atoms with Crippen molar-refractivity contribution >= 4 is 17.4 Å². The number of aryl methyl sites for hydroxylation is 2. The molecule has 1 atom stereocenters. The number of ketones is 1. The molecule has 1 aliphatic heterocycles. The first-order valence-electron chi connectivity index (χ1n) is 9.90. The molecule has 1 amide bonds. The van der Waals surface area contributed by atoms with Gasteiger partial charge in [-0.2, -0.15) is 0 Å². The summed E-state index contributed by atoms with van der Waals surface area (Å²) in [6.07, 6.45) is 3.02. The van der Waals surface area contributed by atoms with Crippen LogP contribution >= 0.6 is 0 Å². The maximum atomic E-state index is 13.1. The monoisotopic (exact) mass is 414 g/mol. The fourth-order valence-corrected chi connectivity index (χ4v) is 3.87. The Morgan fingerprint density at radius 2 is 1.68 bits per heavy atom. The highest BCUT2D eigenvalue weighted by Gasteiger charge is 2.46. The van der Waals surface area contributed by atoms with E-state index in [9.17, 15) is 19.8 Å². The number of carbonyl (C=O) groups is 2. The number of phenolic OH excluding ortho intramolecular Hbond substituents is 1. The normalized spacial score (nSPS) is 17.9. The number of likely N-dealkylation sites (tertiary alicyclic amines) is 1. The summed E-state index contributed by atoms with van der Waals surface area (Å²) < 4.78 is 0. The number of amides is 1. The van der Waals surface area contributed by atoms with Gasteiger partial charge >= 0.3 is 0 Å². The third kappa shape index (κ3) is 3.80. The molecule has 0 saturated carbocycles. The third-order valence-electron chi connectivity index (χ3n) is 5.55. The molecule has 1 aliphatic rings. The zero-order chi connectivity index (χ0) is 22.1. The summed E-state index contributed by atoms with van der Waals surface area (Å²) in [6.45, 7) is 4.15. The van der Waals surface area contributed by atoms with Crippen LogP contribution in [0.5, 0.6) is 5.75 Å². The number of carbonyl (C=O) groups excluding carboxylic acids is 2. The highest BCUT2D eigenvalue weighted by molar-refractivity contribution is 6.46. The molecule has 6 nitrogen and oxygen atoms in total. The Bertz CT molecular complexity index is 1180. The predicted molar refractivity (Wildman–Crippen MR) is 116 cm³/mol. The summed E-state index contributed by atoms with van der Waals surface area (Å²) in [6, 6.07) is 14.7. The van der Waals surface area contributed by atoms with Gasteiger partial charge in [-0.3, -0.25) is 14.6 Å². The van der Waals surface area contributed by atoms with Crippen LogP contribution in [0.15, 0.2) is 72.6 Å². The van der Waals surface area contributed by atoms with Gasteiger partial charge in [-0.15, -0.1) is 0 Å². The van der Waals surface area contributed by atoms with Crippen molar-refractivity contribution in [3.05, 3.63) is 100 Å². The molecule has 2 N–H and O–H groups in total. The van der Waals surface area contributed by atoms with Crippen molar-refractivity contribution in [2.45, 2.75) is 26.4 Å². The van der Waals surface area contributed by atoms with Crippen LogP contribution in [-0.4, -0.2) is 31.8 Å². The summed E-state index contributed by atoms with van der Waals surface area (Å²) in [4.78, 5) is 31.5. The standard InChI is InChI=1S/C25H22N2O4/c1-15-3-4-16(2)19(13-15)14-27-22(17-5-7-20(28)8-6-17)21(24(30)25(27)31)23(29)18-9-11-26-12-10-18/h3-13,22,28-29H,14H2,1-2H3/b23-21+. The Hall–Kier alpha value is -3.93. The van der Waals surface area contributed by atoms with E-state index in [4.69, 9.17) is 0 Å². The fourth-order valence-electron chi connectivity index (χ4n) is 3.87. The molecular formula is C25H22N2O4. The summed E-state index contributed by atoms with van der Waals surface area (Å²) >= 11 is 0. The Morgan fingerprint density at radius 1 is 1.00 bits per heavy atom. The molecule has 156 valence electrons. The van der Waals surface area contributed by atoms with Crippen molar-refractivity contribution in [3.8, 4) is 5.75 Å². The topological polar surface area (TPSA) is 90.7 Å². The number of phenols is 1. The molecule has 3 aromatic rings. The van der Waals surface area contributed by atoms with Gasteiger partial charge in [0.05, 0.1) is 11.6 Å². The number of rotatable bonds is 4. The third-order valence-corrected chi connectivity index (χ3v) is 5.55. The van der Waals surface area contributed by atoms with Crippen LogP contribution in [0.25, 0.3) is 5.76 Å². The van der Waals surface area contributed by atoms with E-state index in [0.717, 1.165) is 16.7 Å². The van der Waals surface area contributed by atoms with Gasteiger partial charge in [0.15, 0.2) is 0 Å². The molecule has 0 aliphatic carbocycles. The molecule has 1 fully saturated rings. The Morgan fingerprint density at radius 3 is 2.35 bits per heavy atom. The highest BCUT2D eigenvalue weighted by atomic mass is 16.3. The number of aliphatic hydroxyl groups is 1. The number of nitrogens with zero attached hydrogens (tertiary/aromatic N) is 2. The smallest absolute Gasteiger partial charge is 0.295 e. The second kappa shape index (κ2) is 8.07. The molecule has 4 rings (SSSR count). The number of aromatic nitrogens is 1. The maximum absolute atomic E-state index is 13.1. The summed E-state index contributed by atoms with van der Waals surface area (Å²) in [5, 5.41) is 20.7. The van der Waals surface area contributed by atoms with Gasteiger partial charge in [-0.1, -0.05) is 35.9 Å². The molecule has 1 saturated heterocycles. The Balaban J connectivity index is 1.87. The van der Waals surface area contributed by atoms with Crippen molar-refractivity contribution in [1.82, 2.24) is 9.88 Å². The first-order valence-corrected chi connectivity index (χ1v) is 9.90. The van der Waals surface area contributed by atoms with Gasteiger partial charge in [0.1, 0.15) is 11.5 Å². The highest BCUT2D eigenvalue weighted by Crippen LogP contribution is 2.40. The van der Waals surface area contributed by atoms with E-state index in [1.165, 1.54) is 29.4 Å². The van der Waals surface area contributed by atoms with E-state index < -0.39 is 17.7 Å². The van der Waals surface area contributed by atoms with E-state index in [2.05, 4.69) is 4.98 Å². The average Bonchev–Trinajstić information content (AvgIpc) is 3.02. The number of benzene rings is 2. The summed E-state index contributed by atoms with van der Waals surface area (Å²) in [7, 11) is 0. The van der Waals surface area contributed by atoms with Gasteiger partial charge in [-0.25, -0.2) is 0 Å². The number of aromatic hydroxyl groups is 1. The second-order valence-corrected chi connectivity index (χ2v) is 7.68. The largest absolute Gasteiger partial charge is 0.508 e. The van der Waals surface area contributed by atoms with Gasteiger partial charge in [0.2, 0.25) is 0 Å². The zero-order valence-corrected chi connectivity index (χ0v) is 17.2. The lowest BCUT2D eigenvalue weighted by atomic mass is 9.95. The van der Waals surface area contributed by atoms with Crippen LogP contribution in [0.2, 0.25) is 0 Å². The lowest BCUT2D eigenvalue weighted by molar-refractivity contribution is -0.140. The Labute approximate surface area is 180 Å². The van der Waals surface area contributed by atoms with Crippen LogP contribution < -0.4 is 0 Å². The molecule has 1 unspecified atom stereocenters. The molecular weight excluding hydrogens is 392 g/mol. The molecule has 0 spiro atoms. The molecule has 6 heteroatoms. The van der Waals surface area contributed by atoms with Gasteiger partial charge in [0, 0.05) is 24.5 Å².